The highest BCUT2D eigenvalue weighted by Crippen LogP contribution is 2.71. The molecule has 1 saturated carbocycles. The molecule has 1 amide bonds. The van der Waals surface area contributed by atoms with Gasteiger partial charge in [0.15, 0.2) is 0 Å². The van der Waals surface area contributed by atoms with Gasteiger partial charge in [-0.1, -0.05) is 19.1 Å². The molecule has 2 aliphatic carbocycles. The molecule has 9 nitrogen and oxygen atoms in total. The maximum atomic E-state index is 15.4. The van der Waals surface area contributed by atoms with Crippen LogP contribution in [0.3, 0.4) is 0 Å². The number of hydrogen-bond donors (Lipinski definition) is 3. The van der Waals surface area contributed by atoms with E-state index >= 15 is 8.78 Å². The number of hydrogen-bond acceptors (Lipinski definition) is 5. The first-order chi connectivity index (χ1) is 22.3. The Morgan fingerprint density at radius 3 is 2.53 bits per heavy atom. The molecule has 3 unspecified atom stereocenters. The van der Waals surface area contributed by atoms with E-state index < -0.39 is 77.6 Å². The van der Waals surface area contributed by atoms with E-state index in [0.717, 1.165) is 12.1 Å². The van der Waals surface area contributed by atoms with Crippen LogP contribution in [-0.2, 0) is 23.7 Å². The Morgan fingerprint density at radius 1 is 1.09 bits per heavy atom. The lowest BCUT2D eigenvalue weighted by molar-refractivity contribution is -0.123. The number of nitrogens with one attached hydrogen (secondary N) is 2. The Kier molecular flexibility index (Phi) is 7.09. The Hall–Kier alpha value is -5.21. The van der Waals surface area contributed by atoms with Crippen LogP contribution in [-0.4, -0.2) is 41.9 Å². The third kappa shape index (κ3) is 5.19. The monoisotopic (exact) mass is 654 g/mol. The SMILES string of the molecule is CC1C2c3c(C(F)F)nn(CC(=O)N[C@@H](Cc4cc(F)cc(F)c4)c4nc5cn[nH]c5cc4-c4cccc(C(=O)O)c4)c3C(F)(F)C12. The van der Waals surface area contributed by atoms with Crippen LogP contribution in [0.25, 0.3) is 22.2 Å². The molecule has 2 aliphatic rings. The molecular formula is C32H24F6N6O3. The number of pyridine rings is 1. The summed E-state index contributed by atoms with van der Waals surface area (Å²) in [6.07, 6.45) is -2.00. The van der Waals surface area contributed by atoms with Crippen molar-refractivity contribution in [3.8, 4) is 11.1 Å². The Morgan fingerprint density at radius 2 is 1.83 bits per heavy atom. The molecule has 0 aliphatic heterocycles. The fourth-order valence-corrected chi connectivity index (χ4v) is 6.84. The topological polar surface area (TPSA) is 126 Å². The summed E-state index contributed by atoms with van der Waals surface area (Å²) in [5.41, 5.74) is -0.0634. The van der Waals surface area contributed by atoms with Crippen molar-refractivity contribution in [2.45, 2.75) is 44.2 Å². The number of amides is 1. The number of halogens is 6. The van der Waals surface area contributed by atoms with E-state index in [4.69, 9.17) is 0 Å². The fourth-order valence-electron chi connectivity index (χ4n) is 6.84. The van der Waals surface area contributed by atoms with Gasteiger partial charge in [-0.25, -0.2) is 27.3 Å². The number of carboxylic acid groups (broad SMARTS) is 1. The maximum Gasteiger partial charge on any atom is 0.335 e. The second kappa shape index (κ2) is 11.0. The van der Waals surface area contributed by atoms with Gasteiger partial charge in [0.1, 0.15) is 35.1 Å². The van der Waals surface area contributed by atoms with Crippen LogP contribution in [0.5, 0.6) is 0 Å². The standard InChI is InChI=1S/C32H24F6N6O3/c1-13-24-25-28(30(35)36)43-44(29(25)32(37,38)26(13)24)12-23(45)40-21(7-14-5-17(33)9-18(34)6-14)27-19(10-20-22(41-27)11-39-42-20)15-3-2-4-16(8-15)31(46)47/h2-6,8-11,13,21,24,26,30H,7,12H2,1H3,(H,39,42)(H,40,45)(H,46,47)/t13?,21-,24?,26?/m0/s1. The first-order valence-electron chi connectivity index (χ1n) is 14.5. The van der Waals surface area contributed by atoms with Gasteiger partial charge >= 0.3 is 5.97 Å². The Bertz CT molecular complexity index is 2060. The van der Waals surface area contributed by atoms with Crippen LogP contribution in [0.15, 0.2) is 54.7 Å². The minimum absolute atomic E-state index is 0.0541. The van der Waals surface area contributed by atoms with Gasteiger partial charge < -0.3 is 10.4 Å². The highest BCUT2D eigenvalue weighted by molar-refractivity contribution is 5.90. The number of alkyl halides is 4. The number of benzene rings is 2. The molecule has 3 N–H and O–H groups in total. The summed E-state index contributed by atoms with van der Waals surface area (Å²) < 4.78 is 87.7. The van der Waals surface area contributed by atoms with Gasteiger partial charge in [0.05, 0.1) is 29.0 Å². The van der Waals surface area contributed by atoms with Crippen LogP contribution in [0.1, 0.15) is 63.9 Å². The van der Waals surface area contributed by atoms with Crippen LogP contribution in [0.2, 0.25) is 0 Å². The summed E-state index contributed by atoms with van der Waals surface area (Å²) in [4.78, 5) is 30.0. The zero-order chi connectivity index (χ0) is 33.4. The van der Waals surface area contributed by atoms with Crippen molar-refractivity contribution >= 4 is 22.9 Å². The summed E-state index contributed by atoms with van der Waals surface area (Å²) in [5.74, 6) is -9.84. The van der Waals surface area contributed by atoms with Crippen molar-refractivity contribution in [1.29, 1.82) is 0 Å². The second-order valence-electron chi connectivity index (χ2n) is 11.9. The summed E-state index contributed by atoms with van der Waals surface area (Å²) in [6.45, 7) is 0.698. The third-order valence-corrected chi connectivity index (χ3v) is 8.87. The summed E-state index contributed by atoms with van der Waals surface area (Å²) in [5, 5.41) is 22.7. The zero-order valence-electron chi connectivity index (χ0n) is 24.3. The Labute approximate surface area is 261 Å². The van der Waals surface area contributed by atoms with Gasteiger partial charge in [-0.2, -0.15) is 19.0 Å². The maximum absolute atomic E-state index is 15.4. The first kappa shape index (κ1) is 30.4. The lowest BCUT2D eigenvalue weighted by Crippen LogP contribution is -2.35. The predicted molar refractivity (Wildman–Crippen MR) is 154 cm³/mol. The molecule has 5 aromatic rings. The quantitative estimate of drug-likeness (QED) is 0.161. The van der Waals surface area contributed by atoms with Gasteiger partial charge in [-0.15, -0.1) is 0 Å². The molecule has 3 heterocycles. The predicted octanol–water partition coefficient (Wildman–Crippen LogP) is 6.29. The van der Waals surface area contributed by atoms with Gasteiger partial charge in [-0.05, 0) is 53.8 Å². The number of carboxylic acids is 1. The molecule has 0 saturated heterocycles. The molecule has 7 rings (SSSR count). The molecule has 0 bridgehead atoms. The van der Waals surface area contributed by atoms with E-state index in [1.54, 1.807) is 19.1 Å². The molecule has 0 radical (unpaired) electrons. The first-order valence-corrected chi connectivity index (χ1v) is 14.5. The van der Waals surface area contributed by atoms with Gasteiger partial charge in [0.2, 0.25) is 5.91 Å². The normalized spacial score (nSPS) is 19.9. The largest absolute Gasteiger partial charge is 0.478 e. The van der Waals surface area contributed by atoms with Crippen LogP contribution >= 0.6 is 0 Å². The van der Waals surface area contributed by atoms with Crippen molar-refractivity contribution in [2.75, 3.05) is 0 Å². The average Bonchev–Trinajstić information content (AvgIpc) is 3.28. The van der Waals surface area contributed by atoms with E-state index in [9.17, 15) is 32.3 Å². The lowest BCUT2D eigenvalue weighted by atomic mass is 9.94. The minimum atomic E-state index is -3.48. The summed E-state index contributed by atoms with van der Waals surface area (Å²) in [6, 6.07) is 9.04. The number of aromatic carboxylic acids is 1. The van der Waals surface area contributed by atoms with E-state index in [0.29, 0.717) is 32.9 Å². The number of rotatable bonds is 9. The van der Waals surface area contributed by atoms with Gasteiger partial charge in [-0.3, -0.25) is 14.6 Å². The minimum Gasteiger partial charge on any atom is -0.478 e. The number of aromatic nitrogens is 5. The third-order valence-electron chi connectivity index (χ3n) is 8.87. The number of aromatic amines is 1. The highest BCUT2D eigenvalue weighted by atomic mass is 19.3. The fraction of sp³-hybridized carbons (Fsp3) is 0.281. The molecular weight excluding hydrogens is 630 g/mol. The van der Waals surface area contributed by atoms with E-state index in [-0.39, 0.29) is 28.8 Å². The van der Waals surface area contributed by atoms with Gasteiger partial charge in [0, 0.05) is 29.0 Å². The number of H-pyrrole nitrogens is 1. The molecule has 0 spiro atoms. The van der Waals surface area contributed by atoms with Crippen molar-refractivity contribution < 1.29 is 41.0 Å². The van der Waals surface area contributed by atoms with Gasteiger partial charge in [0.25, 0.3) is 12.3 Å². The molecule has 2 aromatic carbocycles. The Balaban J connectivity index is 1.30. The molecule has 242 valence electrons. The molecule has 4 atom stereocenters. The van der Waals surface area contributed by atoms with E-state index in [2.05, 4.69) is 25.6 Å². The van der Waals surface area contributed by atoms with Crippen LogP contribution in [0.4, 0.5) is 26.3 Å². The number of carbonyl (C=O) groups is 2. The zero-order valence-corrected chi connectivity index (χ0v) is 24.3. The van der Waals surface area contributed by atoms with Crippen LogP contribution in [0, 0.1) is 23.5 Å². The molecule has 3 aromatic heterocycles. The number of carbonyl (C=O) groups excluding carboxylic acids is 1. The average molecular weight is 655 g/mol. The van der Waals surface area contributed by atoms with E-state index in [1.807, 2.05) is 0 Å². The van der Waals surface area contributed by atoms with Crippen molar-refractivity contribution in [3.63, 3.8) is 0 Å². The number of fused-ring (bicyclic) bond motifs is 4. The smallest absolute Gasteiger partial charge is 0.335 e. The van der Waals surface area contributed by atoms with Crippen molar-refractivity contribution in [1.82, 2.24) is 30.3 Å². The highest BCUT2D eigenvalue weighted by Gasteiger charge is 2.71. The lowest BCUT2D eigenvalue weighted by Gasteiger charge is -2.23. The number of nitrogens with zero attached hydrogens (tertiary/aromatic N) is 4. The van der Waals surface area contributed by atoms with E-state index in [1.165, 1.54) is 24.4 Å². The summed E-state index contributed by atoms with van der Waals surface area (Å²) in [7, 11) is 0. The second-order valence-corrected chi connectivity index (χ2v) is 11.9. The summed E-state index contributed by atoms with van der Waals surface area (Å²) >= 11 is 0. The molecule has 1 fully saturated rings. The van der Waals surface area contributed by atoms with Crippen LogP contribution < -0.4 is 5.32 Å². The molecule has 47 heavy (non-hydrogen) atoms. The van der Waals surface area contributed by atoms with Crippen molar-refractivity contribution in [3.05, 3.63) is 100 Å². The molecule has 15 heteroatoms. The van der Waals surface area contributed by atoms with Crippen molar-refractivity contribution in [2.24, 2.45) is 11.8 Å².